The Kier molecular flexibility index (Phi) is 6.75. The molecule has 0 aliphatic carbocycles. The summed E-state index contributed by atoms with van der Waals surface area (Å²) < 4.78 is 4.23. The lowest BCUT2D eigenvalue weighted by atomic mass is 10.0. The van der Waals surface area contributed by atoms with Crippen molar-refractivity contribution in [1.82, 2.24) is 35.0 Å². The van der Waals surface area contributed by atoms with Crippen LogP contribution in [0.25, 0.3) is 27.9 Å². The van der Waals surface area contributed by atoms with Crippen LogP contribution in [0.5, 0.6) is 0 Å². The van der Waals surface area contributed by atoms with Crippen molar-refractivity contribution in [2.24, 2.45) is 0 Å². The zero-order valence-electron chi connectivity index (χ0n) is 20.3. The highest BCUT2D eigenvalue weighted by molar-refractivity contribution is 6.31. The summed E-state index contributed by atoms with van der Waals surface area (Å²) in [5, 5.41) is 30.9. The summed E-state index contributed by atoms with van der Waals surface area (Å²) in [4.78, 5) is 4.09. The van der Waals surface area contributed by atoms with Crippen molar-refractivity contribution in [2.45, 2.75) is 12.5 Å². The third-order valence-electron chi connectivity index (χ3n) is 6.43. The van der Waals surface area contributed by atoms with Crippen molar-refractivity contribution >= 4 is 23.2 Å². The molecule has 39 heavy (non-hydrogen) atoms. The van der Waals surface area contributed by atoms with Crippen molar-refractivity contribution in [1.29, 1.82) is 0 Å². The molecule has 0 aliphatic rings. The van der Waals surface area contributed by atoms with Gasteiger partial charge in [-0.3, -0.25) is 9.67 Å². The molecule has 1 atom stereocenters. The lowest BCUT2D eigenvalue weighted by molar-refractivity contribution is -0.615. The molecule has 6 rings (SSSR count). The van der Waals surface area contributed by atoms with Crippen molar-refractivity contribution in [3.05, 3.63) is 131 Å². The molecule has 0 spiro atoms. The van der Waals surface area contributed by atoms with Crippen molar-refractivity contribution in [3.8, 4) is 27.9 Å². The van der Waals surface area contributed by atoms with Gasteiger partial charge in [0.1, 0.15) is 12.4 Å². The first-order chi connectivity index (χ1) is 19.0. The fraction of sp³-hybridized carbons (Fsp3) is 0.0714. The first kappa shape index (κ1) is 24.7. The SMILES string of the molecule is [O-][n+]1cc(-c2cc(Cl)ccc2-n2cnnn2)ccc1C(Cc1ccc(Cl)cc1)n1cc(-c2ccncc2)cn1. The molecule has 1 unspecified atom stereocenters. The van der Waals surface area contributed by atoms with Crippen LogP contribution >= 0.6 is 23.2 Å². The fourth-order valence-electron chi connectivity index (χ4n) is 4.50. The smallest absolute Gasteiger partial charge is 0.217 e. The van der Waals surface area contributed by atoms with Gasteiger partial charge in [-0.15, -0.1) is 5.10 Å². The molecule has 0 aliphatic heterocycles. The lowest BCUT2D eigenvalue weighted by Crippen LogP contribution is -2.36. The van der Waals surface area contributed by atoms with E-state index in [4.69, 9.17) is 23.2 Å². The standard InChI is InChI=1S/C28H20Cl2N8O/c29-23-4-1-19(2-5-23)13-28(36-16-22(15-33-36)20-9-11-31-12-10-20)27-7-3-21(17-38(27)39)25-14-24(30)6-8-26(25)37-18-32-34-35-37/h1-12,14-18,28H,13H2. The van der Waals surface area contributed by atoms with E-state index in [-0.39, 0.29) is 6.04 Å². The van der Waals surface area contributed by atoms with Gasteiger partial charge in [0, 0.05) is 57.8 Å². The predicted molar refractivity (Wildman–Crippen MR) is 147 cm³/mol. The summed E-state index contributed by atoms with van der Waals surface area (Å²) >= 11 is 12.4. The van der Waals surface area contributed by atoms with Gasteiger partial charge < -0.3 is 5.21 Å². The summed E-state index contributed by atoms with van der Waals surface area (Å²) in [5.41, 5.74) is 5.56. The molecule has 2 aromatic carbocycles. The number of benzene rings is 2. The molecular weight excluding hydrogens is 535 g/mol. The number of nitrogens with zero attached hydrogens (tertiary/aromatic N) is 8. The molecule has 4 heterocycles. The highest BCUT2D eigenvalue weighted by Gasteiger charge is 2.25. The van der Waals surface area contributed by atoms with Gasteiger partial charge in [0.05, 0.1) is 11.9 Å². The normalized spacial score (nSPS) is 11.9. The second-order valence-corrected chi connectivity index (χ2v) is 9.75. The van der Waals surface area contributed by atoms with E-state index in [1.165, 1.54) is 17.2 Å². The number of rotatable bonds is 7. The van der Waals surface area contributed by atoms with Crippen LogP contribution in [0.2, 0.25) is 10.0 Å². The summed E-state index contributed by atoms with van der Waals surface area (Å²) in [5.74, 6) is 0. The Balaban J connectivity index is 1.41. The zero-order chi connectivity index (χ0) is 26.8. The molecular formula is C28H20Cl2N8O. The monoisotopic (exact) mass is 554 g/mol. The minimum atomic E-state index is -0.383. The van der Waals surface area contributed by atoms with Gasteiger partial charge in [-0.05, 0) is 70.1 Å². The van der Waals surface area contributed by atoms with E-state index in [0.717, 1.165) is 27.0 Å². The minimum absolute atomic E-state index is 0.383. The average Bonchev–Trinajstić information content (AvgIpc) is 3.67. The van der Waals surface area contributed by atoms with E-state index < -0.39 is 0 Å². The first-order valence-corrected chi connectivity index (χ1v) is 12.8. The van der Waals surface area contributed by atoms with Gasteiger partial charge in [0.15, 0.2) is 6.20 Å². The van der Waals surface area contributed by atoms with Crippen LogP contribution in [-0.4, -0.2) is 35.0 Å². The number of pyridine rings is 2. The summed E-state index contributed by atoms with van der Waals surface area (Å²) in [6.45, 7) is 0. The maximum atomic E-state index is 13.6. The number of aromatic nitrogens is 8. The van der Waals surface area contributed by atoms with E-state index in [1.54, 1.807) is 30.7 Å². The summed E-state index contributed by atoms with van der Waals surface area (Å²) in [6, 6.07) is 20.1. The van der Waals surface area contributed by atoms with Crippen molar-refractivity contribution in [3.63, 3.8) is 0 Å². The van der Waals surface area contributed by atoms with Crippen molar-refractivity contribution in [2.75, 3.05) is 0 Å². The average molecular weight is 555 g/mol. The molecule has 0 bridgehead atoms. The number of hydrogen-bond donors (Lipinski definition) is 0. The molecule has 0 N–H and O–H groups in total. The second-order valence-electron chi connectivity index (χ2n) is 8.88. The summed E-state index contributed by atoms with van der Waals surface area (Å²) in [6.07, 6.45) is 10.8. The molecule has 192 valence electrons. The second kappa shape index (κ2) is 10.6. The van der Waals surface area contributed by atoms with Gasteiger partial charge in [-0.2, -0.15) is 14.5 Å². The largest absolute Gasteiger partial charge is 0.618 e. The third-order valence-corrected chi connectivity index (χ3v) is 6.92. The molecule has 0 radical (unpaired) electrons. The van der Waals surface area contributed by atoms with Gasteiger partial charge in [-0.25, -0.2) is 0 Å². The Morgan fingerprint density at radius 3 is 2.41 bits per heavy atom. The molecule has 4 aromatic heterocycles. The van der Waals surface area contributed by atoms with Crippen LogP contribution in [0.3, 0.4) is 0 Å². The van der Waals surface area contributed by atoms with E-state index in [9.17, 15) is 5.21 Å². The topological polar surface area (TPSA) is 101 Å². The Morgan fingerprint density at radius 2 is 1.67 bits per heavy atom. The number of tetrazole rings is 1. The number of halogens is 2. The van der Waals surface area contributed by atoms with Crippen LogP contribution in [-0.2, 0) is 6.42 Å². The highest BCUT2D eigenvalue weighted by atomic mass is 35.5. The molecule has 0 saturated heterocycles. The Bertz CT molecular complexity index is 1720. The van der Waals surface area contributed by atoms with Crippen LogP contribution in [0.4, 0.5) is 0 Å². The van der Waals surface area contributed by atoms with Gasteiger partial charge in [0.2, 0.25) is 5.69 Å². The molecule has 9 nitrogen and oxygen atoms in total. The van der Waals surface area contributed by atoms with Crippen molar-refractivity contribution < 1.29 is 4.73 Å². The molecule has 0 fully saturated rings. The molecule has 6 aromatic rings. The first-order valence-electron chi connectivity index (χ1n) is 12.0. The molecule has 11 heteroatoms. The van der Waals surface area contributed by atoms with Crippen LogP contribution in [0, 0.1) is 5.21 Å². The quantitative estimate of drug-likeness (QED) is 0.194. The van der Waals surface area contributed by atoms with E-state index in [2.05, 4.69) is 25.6 Å². The molecule has 0 amide bonds. The van der Waals surface area contributed by atoms with E-state index in [0.29, 0.717) is 33.4 Å². The third kappa shape index (κ3) is 5.22. The summed E-state index contributed by atoms with van der Waals surface area (Å²) in [7, 11) is 0. The Hall–Kier alpha value is -4.60. The fourth-order valence-corrected chi connectivity index (χ4v) is 4.80. The van der Waals surface area contributed by atoms with E-state index >= 15 is 0 Å². The highest BCUT2D eigenvalue weighted by Crippen LogP contribution is 2.30. The molecule has 0 saturated carbocycles. The van der Waals surface area contributed by atoms with Gasteiger partial charge >= 0.3 is 0 Å². The maximum absolute atomic E-state index is 13.6. The Morgan fingerprint density at radius 1 is 0.872 bits per heavy atom. The predicted octanol–water partition coefficient (Wildman–Crippen LogP) is 5.36. The maximum Gasteiger partial charge on any atom is 0.217 e. The lowest BCUT2D eigenvalue weighted by Gasteiger charge is -2.18. The zero-order valence-corrected chi connectivity index (χ0v) is 21.9. The van der Waals surface area contributed by atoms with Crippen LogP contribution in [0.15, 0.2) is 104 Å². The number of hydrogen-bond acceptors (Lipinski definition) is 6. The van der Waals surface area contributed by atoms with Crippen LogP contribution < -0.4 is 4.73 Å². The minimum Gasteiger partial charge on any atom is -0.618 e. The van der Waals surface area contributed by atoms with Gasteiger partial charge in [-0.1, -0.05) is 35.3 Å². The van der Waals surface area contributed by atoms with Gasteiger partial charge in [0.25, 0.3) is 0 Å². The van der Waals surface area contributed by atoms with Crippen LogP contribution in [0.1, 0.15) is 17.3 Å². The Labute approximate surface area is 233 Å². The van der Waals surface area contributed by atoms with E-state index in [1.807, 2.05) is 65.5 Å².